The lowest BCUT2D eigenvalue weighted by Crippen LogP contribution is -2.47. The first kappa shape index (κ1) is 13.6. The highest BCUT2D eigenvalue weighted by Gasteiger charge is 2.34. The Labute approximate surface area is 108 Å². The zero-order valence-corrected chi connectivity index (χ0v) is 10.4. The molecule has 0 heterocycles. The second-order valence-corrected chi connectivity index (χ2v) is 4.95. The maximum absolute atomic E-state index is 11.6. The SMILES string of the molecule is O=C(NC(O)C(Cl)(Cl)CCl)c1ccccc1. The molecule has 16 heavy (non-hydrogen) atoms. The van der Waals surface area contributed by atoms with Gasteiger partial charge in [0.2, 0.25) is 0 Å². The maximum Gasteiger partial charge on any atom is 0.253 e. The molecule has 0 saturated carbocycles. The Balaban J connectivity index is 2.66. The summed E-state index contributed by atoms with van der Waals surface area (Å²) < 4.78 is -1.61. The van der Waals surface area contributed by atoms with Gasteiger partial charge in [0.1, 0.15) is 0 Å². The smallest absolute Gasteiger partial charge is 0.253 e. The number of carbonyl (C=O) groups excluding carboxylic acids is 1. The van der Waals surface area contributed by atoms with Crippen molar-refractivity contribution >= 4 is 40.7 Å². The Hall–Kier alpha value is -0.480. The van der Waals surface area contributed by atoms with E-state index in [2.05, 4.69) is 5.32 Å². The van der Waals surface area contributed by atoms with Gasteiger partial charge in [0.15, 0.2) is 10.6 Å². The van der Waals surface area contributed by atoms with Gasteiger partial charge in [0.05, 0.1) is 5.88 Å². The third kappa shape index (κ3) is 3.52. The lowest BCUT2D eigenvalue weighted by molar-refractivity contribution is 0.0758. The summed E-state index contributed by atoms with van der Waals surface area (Å²) in [5, 5.41) is 11.8. The molecule has 3 nitrogen and oxygen atoms in total. The van der Waals surface area contributed by atoms with Gasteiger partial charge in [-0.1, -0.05) is 41.4 Å². The number of aliphatic hydroxyl groups is 1. The Kier molecular flexibility index (Phi) is 4.87. The van der Waals surface area contributed by atoms with Crippen LogP contribution in [0.4, 0.5) is 0 Å². The highest BCUT2D eigenvalue weighted by Crippen LogP contribution is 2.25. The standard InChI is InChI=1S/C10H10Cl3NO2/c11-6-10(12,13)9(16)14-8(15)7-4-2-1-3-5-7/h1-5,9,16H,6H2,(H,14,15). The Bertz CT molecular complexity index is 356. The molecule has 1 rings (SSSR count). The first-order valence-corrected chi connectivity index (χ1v) is 5.74. The Morgan fingerprint density at radius 1 is 1.38 bits per heavy atom. The number of nitrogens with one attached hydrogen (secondary N) is 1. The van der Waals surface area contributed by atoms with Gasteiger partial charge in [-0.15, -0.1) is 11.6 Å². The summed E-state index contributed by atoms with van der Waals surface area (Å²) in [6.45, 7) is 0. The topological polar surface area (TPSA) is 49.3 Å². The highest BCUT2D eigenvalue weighted by atomic mass is 35.5. The summed E-state index contributed by atoms with van der Waals surface area (Å²) in [5.74, 6) is -0.671. The van der Waals surface area contributed by atoms with E-state index in [1.54, 1.807) is 30.3 Å². The number of hydrogen-bond acceptors (Lipinski definition) is 2. The van der Waals surface area contributed by atoms with Crippen LogP contribution in [0.1, 0.15) is 10.4 Å². The molecule has 1 amide bonds. The van der Waals surface area contributed by atoms with Crippen molar-refractivity contribution in [1.29, 1.82) is 0 Å². The Morgan fingerprint density at radius 2 is 1.94 bits per heavy atom. The lowest BCUT2D eigenvalue weighted by atomic mass is 10.2. The third-order valence-corrected chi connectivity index (χ3v) is 3.26. The van der Waals surface area contributed by atoms with E-state index >= 15 is 0 Å². The molecule has 1 aromatic carbocycles. The molecule has 0 aliphatic carbocycles. The number of aliphatic hydroxyl groups excluding tert-OH is 1. The van der Waals surface area contributed by atoms with Crippen LogP contribution in [0.15, 0.2) is 30.3 Å². The largest absolute Gasteiger partial charge is 0.370 e. The minimum Gasteiger partial charge on any atom is -0.370 e. The van der Waals surface area contributed by atoms with Crippen molar-refractivity contribution in [3.8, 4) is 0 Å². The number of carbonyl (C=O) groups is 1. The highest BCUT2D eigenvalue weighted by molar-refractivity contribution is 6.52. The average Bonchev–Trinajstić information content (AvgIpc) is 2.30. The van der Waals surface area contributed by atoms with Crippen molar-refractivity contribution in [1.82, 2.24) is 5.32 Å². The summed E-state index contributed by atoms with van der Waals surface area (Å²) >= 11 is 16.8. The minimum absolute atomic E-state index is 0.202. The van der Waals surface area contributed by atoms with Crippen LogP contribution in [-0.2, 0) is 0 Å². The van der Waals surface area contributed by atoms with Gasteiger partial charge in [-0.05, 0) is 12.1 Å². The maximum atomic E-state index is 11.6. The van der Waals surface area contributed by atoms with E-state index in [-0.39, 0.29) is 5.88 Å². The van der Waals surface area contributed by atoms with Crippen LogP contribution in [0.2, 0.25) is 0 Å². The molecule has 0 fully saturated rings. The van der Waals surface area contributed by atoms with Crippen LogP contribution >= 0.6 is 34.8 Å². The number of amides is 1. The van der Waals surface area contributed by atoms with E-state index in [1.807, 2.05) is 0 Å². The van der Waals surface area contributed by atoms with Gasteiger partial charge in [-0.3, -0.25) is 4.79 Å². The van der Waals surface area contributed by atoms with Gasteiger partial charge < -0.3 is 10.4 Å². The van der Waals surface area contributed by atoms with E-state index in [4.69, 9.17) is 34.8 Å². The monoisotopic (exact) mass is 281 g/mol. The molecule has 0 aliphatic rings. The van der Waals surface area contributed by atoms with E-state index < -0.39 is 16.5 Å². The fourth-order valence-electron chi connectivity index (χ4n) is 0.976. The summed E-state index contributed by atoms with van der Waals surface area (Å²) in [4.78, 5) is 11.6. The molecule has 0 radical (unpaired) electrons. The van der Waals surface area contributed by atoms with Gasteiger partial charge >= 0.3 is 0 Å². The van der Waals surface area contributed by atoms with Crippen LogP contribution < -0.4 is 5.32 Å². The fraction of sp³-hybridized carbons (Fsp3) is 0.300. The quantitative estimate of drug-likeness (QED) is 0.657. The molecule has 2 N–H and O–H groups in total. The summed E-state index contributed by atoms with van der Waals surface area (Å²) in [7, 11) is 0. The molecule has 1 atom stereocenters. The molecular weight excluding hydrogens is 272 g/mol. The number of rotatable bonds is 4. The van der Waals surface area contributed by atoms with E-state index in [0.29, 0.717) is 5.56 Å². The van der Waals surface area contributed by atoms with Crippen LogP contribution in [0, 0.1) is 0 Å². The molecule has 0 bridgehead atoms. The van der Waals surface area contributed by atoms with Gasteiger partial charge in [0.25, 0.3) is 5.91 Å². The van der Waals surface area contributed by atoms with E-state index in [9.17, 15) is 9.90 Å². The molecule has 0 aromatic heterocycles. The van der Waals surface area contributed by atoms with E-state index in [1.165, 1.54) is 0 Å². The summed E-state index contributed by atoms with van der Waals surface area (Å²) in [5.41, 5.74) is 0.403. The summed E-state index contributed by atoms with van der Waals surface area (Å²) in [6.07, 6.45) is -1.43. The molecule has 0 aliphatic heterocycles. The molecule has 6 heteroatoms. The van der Waals surface area contributed by atoms with Crippen molar-refractivity contribution in [2.45, 2.75) is 10.6 Å². The second-order valence-electron chi connectivity index (χ2n) is 3.14. The first-order valence-electron chi connectivity index (χ1n) is 4.45. The molecule has 1 unspecified atom stereocenters. The Morgan fingerprint density at radius 3 is 2.44 bits per heavy atom. The third-order valence-electron chi connectivity index (χ3n) is 1.88. The van der Waals surface area contributed by atoms with Gasteiger partial charge in [0, 0.05) is 5.56 Å². The van der Waals surface area contributed by atoms with Gasteiger partial charge in [-0.25, -0.2) is 0 Å². The molecule has 1 aromatic rings. The van der Waals surface area contributed by atoms with Crippen molar-refractivity contribution in [3.05, 3.63) is 35.9 Å². The number of alkyl halides is 3. The van der Waals surface area contributed by atoms with Crippen LogP contribution in [0.5, 0.6) is 0 Å². The van der Waals surface area contributed by atoms with Gasteiger partial charge in [-0.2, -0.15) is 0 Å². The minimum atomic E-state index is -1.61. The number of hydrogen-bond donors (Lipinski definition) is 2. The second kappa shape index (κ2) is 5.73. The fourth-order valence-corrected chi connectivity index (χ4v) is 1.23. The molecule has 0 saturated heterocycles. The molecular formula is C10H10Cl3NO2. The molecule has 88 valence electrons. The predicted octanol–water partition coefficient (Wildman–Crippen LogP) is 2.15. The number of benzene rings is 1. The van der Waals surface area contributed by atoms with Crippen LogP contribution in [0.25, 0.3) is 0 Å². The lowest BCUT2D eigenvalue weighted by Gasteiger charge is -2.23. The average molecular weight is 283 g/mol. The van der Waals surface area contributed by atoms with Crippen LogP contribution in [0.3, 0.4) is 0 Å². The van der Waals surface area contributed by atoms with Crippen molar-refractivity contribution in [3.63, 3.8) is 0 Å². The number of halogens is 3. The van der Waals surface area contributed by atoms with Crippen molar-refractivity contribution < 1.29 is 9.90 Å². The summed E-state index contributed by atoms with van der Waals surface area (Å²) in [6, 6.07) is 8.40. The molecule has 0 spiro atoms. The van der Waals surface area contributed by atoms with E-state index in [0.717, 1.165) is 0 Å². The van der Waals surface area contributed by atoms with Crippen molar-refractivity contribution in [2.24, 2.45) is 0 Å². The zero-order chi connectivity index (χ0) is 12.2. The van der Waals surface area contributed by atoms with Crippen LogP contribution in [-0.4, -0.2) is 27.5 Å². The first-order chi connectivity index (χ1) is 7.47. The van der Waals surface area contributed by atoms with Crippen molar-refractivity contribution in [2.75, 3.05) is 5.88 Å². The normalized spacial score (nSPS) is 13.2. The zero-order valence-electron chi connectivity index (χ0n) is 8.16. The predicted molar refractivity (Wildman–Crippen MR) is 65.1 cm³/mol.